The van der Waals surface area contributed by atoms with Gasteiger partial charge in [0, 0.05) is 5.02 Å². The van der Waals surface area contributed by atoms with Crippen molar-refractivity contribution >= 4 is 23.5 Å². The molecule has 7 heteroatoms. The molecule has 1 N–H and O–H groups in total. The topological polar surface area (TPSA) is 77.2 Å². The number of carbonyl (C=O) groups excluding carboxylic acids is 1. The van der Waals surface area contributed by atoms with Crippen LogP contribution in [0.2, 0.25) is 5.02 Å². The largest absolute Gasteiger partial charge is 0.478 e. The summed E-state index contributed by atoms with van der Waals surface area (Å²) in [6, 6.07) is 13.0. The Morgan fingerprint density at radius 1 is 1.14 bits per heavy atom. The number of benzene rings is 2. The number of amides is 1. The van der Waals surface area contributed by atoms with Crippen LogP contribution >= 0.6 is 11.6 Å². The highest BCUT2D eigenvalue weighted by Gasteiger charge is 2.31. The van der Waals surface area contributed by atoms with E-state index in [1.807, 2.05) is 26.0 Å². The molecule has 2 aromatic carbocycles. The van der Waals surface area contributed by atoms with E-state index in [2.05, 4.69) is 21.6 Å². The smallest absolute Gasteiger partial charge is 0.322 e. The second kappa shape index (κ2) is 8.02. The fourth-order valence-corrected chi connectivity index (χ4v) is 2.80. The van der Waals surface area contributed by atoms with Crippen LogP contribution in [0.3, 0.4) is 0 Å². The van der Waals surface area contributed by atoms with E-state index < -0.39 is 11.5 Å². The predicted octanol–water partition coefficient (Wildman–Crippen LogP) is 4.73. The number of aryl methyl sites for hydroxylation is 2. The van der Waals surface area contributed by atoms with E-state index in [1.165, 1.54) is 5.56 Å². The Morgan fingerprint density at radius 3 is 2.54 bits per heavy atom. The van der Waals surface area contributed by atoms with E-state index in [-0.39, 0.29) is 6.01 Å². The molecule has 0 bridgehead atoms. The first-order chi connectivity index (χ1) is 13.2. The van der Waals surface area contributed by atoms with Gasteiger partial charge >= 0.3 is 6.01 Å². The lowest BCUT2D eigenvalue weighted by molar-refractivity contribution is -0.128. The highest BCUT2D eigenvalue weighted by atomic mass is 35.5. The first-order valence-corrected chi connectivity index (χ1v) is 9.25. The normalized spacial score (nSPS) is 11.3. The zero-order chi connectivity index (χ0) is 20.3. The van der Waals surface area contributed by atoms with Gasteiger partial charge in [-0.05, 0) is 63.1 Å². The van der Waals surface area contributed by atoms with Crippen molar-refractivity contribution in [3.63, 3.8) is 0 Å². The van der Waals surface area contributed by atoms with Crippen LogP contribution in [0.4, 0.5) is 6.01 Å². The molecule has 6 nitrogen and oxygen atoms in total. The second-order valence-corrected chi connectivity index (χ2v) is 7.56. The Bertz CT molecular complexity index is 981. The standard InChI is InChI=1S/C21H22ClN3O3/c1-13-5-6-15(14(2)11-13)12-18-24-25-20(27-18)23-19(26)21(3,4)28-17-9-7-16(22)8-10-17/h5-11H,12H2,1-4H3,(H,23,25,26). The van der Waals surface area contributed by atoms with Crippen LogP contribution < -0.4 is 10.1 Å². The monoisotopic (exact) mass is 399 g/mol. The maximum absolute atomic E-state index is 12.6. The third kappa shape index (κ3) is 4.89. The van der Waals surface area contributed by atoms with Gasteiger partial charge in [0.05, 0.1) is 6.42 Å². The molecule has 0 saturated heterocycles. The zero-order valence-corrected chi connectivity index (χ0v) is 17.0. The van der Waals surface area contributed by atoms with E-state index in [0.717, 1.165) is 11.1 Å². The Balaban J connectivity index is 1.64. The molecule has 0 radical (unpaired) electrons. The minimum Gasteiger partial charge on any atom is -0.478 e. The summed E-state index contributed by atoms with van der Waals surface area (Å²) < 4.78 is 11.3. The minimum atomic E-state index is -1.14. The first-order valence-electron chi connectivity index (χ1n) is 8.87. The fourth-order valence-electron chi connectivity index (χ4n) is 2.67. The molecule has 146 valence electrons. The number of aromatic nitrogens is 2. The Kier molecular flexibility index (Phi) is 5.70. The van der Waals surface area contributed by atoms with E-state index >= 15 is 0 Å². The number of nitrogens with zero attached hydrogens (tertiary/aromatic N) is 2. The van der Waals surface area contributed by atoms with Crippen molar-refractivity contribution in [1.29, 1.82) is 0 Å². The Labute approximate surface area is 168 Å². The Morgan fingerprint density at radius 2 is 1.86 bits per heavy atom. The number of halogens is 1. The van der Waals surface area contributed by atoms with Crippen LogP contribution in [0.5, 0.6) is 5.75 Å². The number of hydrogen-bond acceptors (Lipinski definition) is 5. The third-order valence-corrected chi connectivity index (χ3v) is 4.51. The predicted molar refractivity (Wildman–Crippen MR) is 108 cm³/mol. The average molecular weight is 400 g/mol. The van der Waals surface area contributed by atoms with E-state index in [9.17, 15) is 4.79 Å². The second-order valence-electron chi connectivity index (χ2n) is 7.13. The van der Waals surface area contributed by atoms with Gasteiger partial charge in [-0.3, -0.25) is 10.1 Å². The number of nitrogens with one attached hydrogen (secondary N) is 1. The summed E-state index contributed by atoms with van der Waals surface area (Å²) in [5.41, 5.74) is 2.30. The zero-order valence-electron chi connectivity index (χ0n) is 16.2. The molecule has 1 aromatic heterocycles. The van der Waals surface area contributed by atoms with Crippen molar-refractivity contribution < 1.29 is 13.9 Å². The highest BCUT2D eigenvalue weighted by Crippen LogP contribution is 2.22. The quantitative estimate of drug-likeness (QED) is 0.648. The van der Waals surface area contributed by atoms with Crippen LogP contribution in [0.25, 0.3) is 0 Å². The molecule has 28 heavy (non-hydrogen) atoms. The maximum atomic E-state index is 12.6. The first kappa shape index (κ1) is 19.9. The lowest BCUT2D eigenvalue weighted by atomic mass is 10.0. The lowest BCUT2D eigenvalue weighted by Gasteiger charge is -2.24. The molecule has 1 heterocycles. The third-order valence-electron chi connectivity index (χ3n) is 4.26. The number of anilines is 1. The van der Waals surface area contributed by atoms with Gasteiger partial charge in [-0.15, -0.1) is 5.10 Å². The van der Waals surface area contributed by atoms with E-state index in [4.69, 9.17) is 20.8 Å². The van der Waals surface area contributed by atoms with Gasteiger partial charge in [-0.1, -0.05) is 40.5 Å². The highest BCUT2D eigenvalue weighted by molar-refractivity contribution is 6.30. The van der Waals surface area contributed by atoms with Gasteiger partial charge in [-0.25, -0.2) is 0 Å². The maximum Gasteiger partial charge on any atom is 0.322 e. The Hall–Kier alpha value is -2.86. The molecular formula is C21H22ClN3O3. The minimum absolute atomic E-state index is 0.0394. The van der Waals surface area contributed by atoms with Crippen molar-refractivity contribution in [2.24, 2.45) is 0 Å². The SMILES string of the molecule is Cc1ccc(Cc2nnc(NC(=O)C(C)(C)Oc3ccc(Cl)cc3)o2)c(C)c1. The molecular weight excluding hydrogens is 378 g/mol. The van der Waals surface area contributed by atoms with Gasteiger partial charge in [0.1, 0.15) is 5.75 Å². The number of ether oxygens (including phenoxy) is 1. The molecule has 1 amide bonds. The molecule has 0 saturated carbocycles. The number of hydrogen-bond donors (Lipinski definition) is 1. The molecule has 0 aliphatic heterocycles. The van der Waals surface area contributed by atoms with E-state index in [1.54, 1.807) is 38.1 Å². The molecule has 0 atom stereocenters. The van der Waals surface area contributed by atoms with Crippen LogP contribution in [-0.2, 0) is 11.2 Å². The average Bonchev–Trinajstić information content (AvgIpc) is 3.06. The van der Waals surface area contributed by atoms with Crippen molar-refractivity contribution in [3.8, 4) is 5.75 Å². The van der Waals surface area contributed by atoms with Gasteiger partial charge in [0.25, 0.3) is 5.91 Å². The molecule has 0 fully saturated rings. The molecule has 0 spiro atoms. The molecule has 3 aromatic rings. The molecule has 0 unspecified atom stereocenters. The van der Waals surface area contributed by atoms with Crippen molar-refractivity contribution in [1.82, 2.24) is 10.2 Å². The summed E-state index contributed by atoms with van der Waals surface area (Å²) >= 11 is 5.87. The van der Waals surface area contributed by atoms with Crippen molar-refractivity contribution in [3.05, 3.63) is 70.1 Å². The van der Waals surface area contributed by atoms with Crippen LogP contribution in [0.1, 0.15) is 36.4 Å². The lowest BCUT2D eigenvalue weighted by Crippen LogP contribution is -2.42. The van der Waals surface area contributed by atoms with Crippen LogP contribution in [0, 0.1) is 13.8 Å². The van der Waals surface area contributed by atoms with Gasteiger partial charge in [0.15, 0.2) is 5.60 Å². The summed E-state index contributed by atoms with van der Waals surface area (Å²) in [4.78, 5) is 12.6. The van der Waals surface area contributed by atoms with Crippen molar-refractivity contribution in [2.45, 2.75) is 39.7 Å². The van der Waals surface area contributed by atoms with Gasteiger partial charge in [-0.2, -0.15) is 0 Å². The molecule has 3 rings (SSSR count). The van der Waals surface area contributed by atoms with E-state index in [0.29, 0.717) is 23.1 Å². The van der Waals surface area contributed by atoms with Gasteiger partial charge < -0.3 is 9.15 Å². The summed E-state index contributed by atoms with van der Waals surface area (Å²) in [6.45, 7) is 7.40. The van der Waals surface area contributed by atoms with Gasteiger partial charge in [0.2, 0.25) is 5.89 Å². The summed E-state index contributed by atoms with van der Waals surface area (Å²) in [5, 5.41) is 11.1. The van der Waals surface area contributed by atoms with Crippen LogP contribution in [-0.4, -0.2) is 21.7 Å². The number of carbonyl (C=O) groups is 1. The van der Waals surface area contributed by atoms with Crippen molar-refractivity contribution in [2.75, 3.05) is 5.32 Å². The van der Waals surface area contributed by atoms with Crippen LogP contribution in [0.15, 0.2) is 46.9 Å². The number of rotatable bonds is 6. The molecule has 0 aliphatic carbocycles. The summed E-state index contributed by atoms with van der Waals surface area (Å²) in [7, 11) is 0. The summed E-state index contributed by atoms with van der Waals surface area (Å²) in [5.74, 6) is 0.563. The fraction of sp³-hybridized carbons (Fsp3) is 0.286. The summed E-state index contributed by atoms with van der Waals surface area (Å²) in [6.07, 6.45) is 0.500. The molecule has 0 aliphatic rings.